The van der Waals surface area contributed by atoms with E-state index in [1.165, 1.54) is 0 Å². The molecule has 4 amide bonds. The lowest BCUT2D eigenvalue weighted by atomic mass is 9.81. The van der Waals surface area contributed by atoms with Crippen molar-refractivity contribution < 1.29 is 14.4 Å². The maximum absolute atomic E-state index is 13.1. The third-order valence-corrected chi connectivity index (χ3v) is 6.99. The van der Waals surface area contributed by atoms with Gasteiger partial charge in [0.1, 0.15) is 12.1 Å². The van der Waals surface area contributed by atoms with Crippen LogP contribution in [0.4, 0.5) is 4.79 Å². The second-order valence-corrected chi connectivity index (χ2v) is 8.73. The molecule has 1 aliphatic heterocycles. The highest BCUT2D eigenvalue weighted by Gasteiger charge is 2.55. The van der Waals surface area contributed by atoms with Crippen molar-refractivity contribution in [3.8, 4) is 0 Å². The Morgan fingerprint density at radius 3 is 2.48 bits per heavy atom. The smallest absolute Gasteiger partial charge is 0.327 e. The number of nitrogens with zero attached hydrogens (tertiary/aromatic N) is 2. The largest absolute Gasteiger partial charge is 0.343 e. The summed E-state index contributed by atoms with van der Waals surface area (Å²) in [5.74, 6) is -0.567. The Labute approximate surface area is 174 Å². The van der Waals surface area contributed by atoms with Crippen LogP contribution in [0.15, 0.2) is 47.8 Å². The molecule has 2 aromatic rings. The summed E-state index contributed by atoms with van der Waals surface area (Å²) in [7, 11) is 1.68. The number of nitrogens with one attached hydrogen (secondary N) is 1. The molecule has 1 aromatic heterocycles. The van der Waals surface area contributed by atoms with Gasteiger partial charge in [0.05, 0.1) is 6.04 Å². The van der Waals surface area contributed by atoms with E-state index in [1.54, 1.807) is 23.3 Å². The van der Waals surface area contributed by atoms with E-state index in [2.05, 4.69) is 5.32 Å². The maximum Gasteiger partial charge on any atom is 0.327 e. The van der Waals surface area contributed by atoms with E-state index in [9.17, 15) is 14.4 Å². The van der Waals surface area contributed by atoms with E-state index in [-0.39, 0.29) is 30.4 Å². The zero-order valence-corrected chi connectivity index (χ0v) is 17.3. The van der Waals surface area contributed by atoms with Gasteiger partial charge in [0.2, 0.25) is 5.91 Å². The lowest BCUT2D eigenvalue weighted by Crippen LogP contribution is -2.49. The lowest BCUT2D eigenvalue weighted by molar-refractivity contribution is -0.137. The van der Waals surface area contributed by atoms with Crippen LogP contribution in [0.5, 0.6) is 0 Å². The zero-order valence-electron chi connectivity index (χ0n) is 16.5. The van der Waals surface area contributed by atoms with Gasteiger partial charge in [0.25, 0.3) is 5.91 Å². The number of thiophene rings is 1. The second-order valence-electron chi connectivity index (χ2n) is 7.75. The predicted octanol–water partition coefficient (Wildman–Crippen LogP) is 3.55. The fourth-order valence-corrected chi connectivity index (χ4v) is 5.24. The van der Waals surface area contributed by atoms with E-state index in [1.807, 2.05) is 47.8 Å². The molecule has 29 heavy (non-hydrogen) atoms. The van der Waals surface area contributed by atoms with E-state index in [4.69, 9.17) is 0 Å². The maximum atomic E-state index is 13.1. The highest BCUT2D eigenvalue weighted by atomic mass is 32.1. The Bertz CT molecular complexity index is 891. The first kappa shape index (κ1) is 19.6. The van der Waals surface area contributed by atoms with Crippen LogP contribution < -0.4 is 5.32 Å². The van der Waals surface area contributed by atoms with Crippen LogP contribution in [-0.2, 0) is 9.59 Å². The van der Waals surface area contributed by atoms with Crippen molar-refractivity contribution in [3.63, 3.8) is 0 Å². The van der Waals surface area contributed by atoms with Crippen LogP contribution in [0.25, 0.3) is 0 Å². The average molecular weight is 412 g/mol. The first-order valence-electron chi connectivity index (χ1n) is 10.0. The fraction of sp³-hybridized carbons (Fsp3) is 0.409. The number of likely N-dealkylation sites (N-methyl/N-ethyl adjacent to an activating group) is 1. The number of carbonyl (C=O) groups excluding carboxylic acids is 3. The number of hydrogen-bond donors (Lipinski definition) is 1. The van der Waals surface area contributed by atoms with Gasteiger partial charge in [-0.3, -0.25) is 14.5 Å². The normalized spacial score (nSPS) is 19.6. The summed E-state index contributed by atoms with van der Waals surface area (Å²) in [5, 5.41) is 4.98. The Hall–Kier alpha value is -2.67. The molecule has 7 heteroatoms. The van der Waals surface area contributed by atoms with Gasteiger partial charge in [0.15, 0.2) is 0 Å². The molecule has 1 N–H and O–H groups in total. The minimum Gasteiger partial charge on any atom is -0.343 e. The molecular formula is C22H25N3O3S. The number of amides is 4. The van der Waals surface area contributed by atoms with E-state index in [0.29, 0.717) is 12.8 Å². The van der Waals surface area contributed by atoms with E-state index >= 15 is 0 Å². The second kappa shape index (κ2) is 7.99. The Morgan fingerprint density at radius 1 is 1.10 bits per heavy atom. The van der Waals surface area contributed by atoms with Gasteiger partial charge in [-0.25, -0.2) is 4.79 Å². The molecule has 152 valence electrons. The fourth-order valence-electron chi connectivity index (χ4n) is 4.44. The van der Waals surface area contributed by atoms with E-state index < -0.39 is 5.54 Å². The lowest BCUT2D eigenvalue weighted by Gasteiger charge is -2.35. The van der Waals surface area contributed by atoms with Crippen LogP contribution in [0, 0.1) is 0 Å². The highest BCUT2D eigenvalue weighted by Crippen LogP contribution is 2.39. The van der Waals surface area contributed by atoms with Crippen molar-refractivity contribution in [2.24, 2.45) is 0 Å². The molecule has 2 aliphatic rings. The molecule has 2 heterocycles. The van der Waals surface area contributed by atoms with Gasteiger partial charge in [-0.15, -0.1) is 11.3 Å². The first-order chi connectivity index (χ1) is 14.0. The molecular weight excluding hydrogens is 386 g/mol. The van der Waals surface area contributed by atoms with Crippen molar-refractivity contribution >= 4 is 29.2 Å². The number of imide groups is 1. The predicted molar refractivity (Wildman–Crippen MR) is 111 cm³/mol. The molecule has 1 spiro atoms. The van der Waals surface area contributed by atoms with Crippen LogP contribution in [-0.4, -0.2) is 46.8 Å². The van der Waals surface area contributed by atoms with Gasteiger partial charge in [-0.2, -0.15) is 0 Å². The Morgan fingerprint density at radius 2 is 1.83 bits per heavy atom. The van der Waals surface area contributed by atoms with Crippen molar-refractivity contribution in [1.82, 2.24) is 15.1 Å². The van der Waals surface area contributed by atoms with Gasteiger partial charge < -0.3 is 10.2 Å². The average Bonchev–Trinajstić information content (AvgIpc) is 3.34. The quantitative estimate of drug-likeness (QED) is 0.765. The third-order valence-electron chi connectivity index (χ3n) is 6.05. The molecule has 1 saturated carbocycles. The van der Waals surface area contributed by atoms with Crippen LogP contribution in [0.3, 0.4) is 0 Å². The molecule has 0 bridgehead atoms. The van der Waals surface area contributed by atoms with Crippen LogP contribution in [0.2, 0.25) is 0 Å². The van der Waals surface area contributed by atoms with E-state index in [0.717, 1.165) is 34.6 Å². The Balaban J connectivity index is 1.51. The molecule has 2 fully saturated rings. The van der Waals surface area contributed by atoms with Crippen LogP contribution in [0.1, 0.15) is 48.6 Å². The molecule has 1 atom stereocenters. The van der Waals surface area contributed by atoms with Gasteiger partial charge >= 0.3 is 6.03 Å². The molecule has 0 unspecified atom stereocenters. The number of rotatable bonds is 5. The summed E-state index contributed by atoms with van der Waals surface area (Å²) >= 11 is 1.56. The third kappa shape index (κ3) is 3.55. The standard InChI is InChI=1S/C22H25N3O3S/c1-24-21(28)25(20(27)22(24)12-6-3-7-13-22)15-18(26)23-19(17-11-8-14-29-17)16-9-4-2-5-10-16/h2,4-5,8-11,14,19H,3,6-7,12-13,15H2,1H3,(H,23,26)/t19-/m1/s1. The summed E-state index contributed by atoms with van der Waals surface area (Å²) in [6.07, 6.45) is 4.29. The Kier molecular flexibility index (Phi) is 5.41. The summed E-state index contributed by atoms with van der Waals surface area (Å²) in [5.41, 5.74) is 0.200. The molecule has 4 rings (SSSR count). The summed E-state index contributed by atoms with van der Waals surface area (Å²) in [6.45, 7) is -0.252. The van der Waals surface area contributed by atoms with Crippen LogP contribution >= 0.6 is 11.3 Å². The summed E-state index contributed by atoms with van der Waals surface area (Å²) < 4.78 is 0. The monoisotopic (exact) mass is 411 g/mol. The highest BCUT2D eigenvalue weighted by molar-refractivity contribution is 7.10. The van der Waals surface area contributed by atoms with Crippen molar-refractivity contribution in [2.75, 3.05) is 13.6 Å². The summed E-state index contributed by atoms with van der Waals surface area (Å²) in [4.78, 5) is 42.4. The van der Waals surface area contributed by atoms with Crippen molar-refractivity contribution in [1.29, 1.82) is 0 Å². The topological polar surface area (TPSA) is 69.7 Å². The molecule has 6 nitrogen and oxygen atoms in total. The molecule has 0 radical (unpaired) electrons. The van der Waals surface area contributed by atoms with Crippen molar-refractivity contribution in [3.05, 3.63) is 58.3 Å². The number of urea groups is 1. The molecule has 1 saturated heterocycles. The SMILES string of the molecule is CN1C(=O)N(CC(=O)N[C@H](c2ccccc2)c2cccs2)C(=O)C12CCCCC2. The van der Waals surface area contributed by atoms with Gasteiger partial charge in [-0.05, 0) is 29.9 Å². The summed E-state index contributed by atoms with van der Waals surface area (Å²) in [6, 6.07) is 12.9. The molecule has 1 aromatic carbocycles. The van der Waals surface area contributed by atoms with Gasteiger partial charge in [-0.1, -0.05) is 55.7 Å². The minimum atomic E-state index is -0.762. The van der Waals surface area contributed by atoms with Crippen molar-refractivity contribution in [2.45, 2.75) is 43.7 Å². The number of benzene rings is 1. The van der Waals surface area contributed by atoms with Gasteiger partial charge in [0, 0.05) is 11.9 Å². The zero-order chi connectivity index (χ0) is 20.4. The number of carbonyl (C=O) groups is 3. The number of hydrogen-bond acceptors (Lipinski definition) is 4. The minimum absolute atomic E-state index is 0.229. The first-order valence-corrected chi connectivity index (χ1v) is 10.9. The molecule has 1 aliphatic carbocycles.